The van der Waals surface area contributed by atoms with E-state index in [0.29, 0.717) is 0 Å². The first-order valence-electron chi connectivity index (χ1n) is 17.9. The minimum Gasteiger partial charge on any atom is -0.456 e. The van der Waals surface area contributed by atoms with Gasteiger partial charge >= 0.3 is 0 Å². The third kappa shape index (κ3) is 4.23. The van der Waals surface area contributed by atoms with E-state index in [0.717, 1.165) is 33.6 Å². The van der Waals surface area contributed by atoms with E-state index in [-0.39, 0.29) is 5.41 Å². The number of hydrogen-bond donors (Lipinski definition) is 0. The zero-order chi connectivity index (χ0) is 34.6. The van der Waals surface area contributed by atoms with Crippen LogP contribution in [0, 0.1) is 0 Å². The Morgan fingerprint density at radius 2 is 1.15 bits per heavy atom. The molecule has 0 unspecified atom stereocenters. The molecule has 3 heteroatoms. The highest BCUT2D eigenvalue weighted by Crippen LogP contribution is 2.51. The molecule has 8 aromatic carbocycles. The first kappa shape index (κ1) is 29.6. The Morgan fingerprint density at radius 1 is 0.462 bits per heavy atom. The molecule has 11 rings (SSSR count). The number of thiophene rings is 1. The van der Waals surface area contributed by atoms with Crippen LogP contribution in [-0.4, -0.2) is 0 Å². The number of furan rings is 1. The topological polar surface area (TPSA) is 16.4 Å². The van der Waals surface area contributed by atoms with E-state index in [1.807, 2.05) is 17.4 Å². The van der Waals surface area contributed by atoms with Crippen LogP contribution in [0.5, 0.6) is 0 Å². The summed E-state index contributed by atoms with van der Waals surface area (Å²) in [7, 11) is 0. The lowest BCUT2D eigenvalue weighted by molar-refractivity contribution is 0.660. The fourth-order valence-electron chi connectivity index (χ4n) is 8.77. The van der Waals surface area contributed by atoms with Crippen LogP contribution in [-0.2, 0) is 5.41 Å². The lowest BCUT2D eigenvalue weighted by atomic mass is 9.82. The van der Waals surface area contributed by atoms with Gasteiger partial charge in [0.25, 0.3) is 0 Å². The molecule has 2 aromatic heterocycles. The normalized spacial score (nSPS) is 13.3. The van der Waals surface area contributed by atoms with Gasteiger partial charge < -0.3 is 9.32 Å². The molecule has 0 bridgehead atoms. The van der Waals surface area contributed by atoms with Crippen molar-refractivity contribution in [2.24, 2.45) is 0 Å². The van der Waals surface area contributed by atoms with E-state index in [2.05, 4.69) is 176 Å². The maximum absolute atomic E-state index is 6.31. The maximum atomic E-state index is 6.31. The summed E-state index contributed by atoms with van der Waals surface area (Å²) in [6.07, 6.45) is 0. The largest absolute Gasteiger partial charge is 0.456 e. The molecule has 1 aliphatic rings. The molecule has 0 aliphatic heterocycles. The Morgan fingerprint density at radius 3 is 2.06 bits per heavy atom. The van der Waals surface area contributed by atoms with E-state index >= 15 is 0 Å². The molecule has 0 saturated heterocycles. The smallest absolute Gasteiger partial charge is 0.136 e. The van der Waals surface area contributed by atoms with Crippen molar-refractivity contribution >= 4 is 81.3 Å². The van der Waals surface area contributed by atoms with Gasteiger partial charge in [-0.2, -0.15) is 0 Å². The second kappa shape index (κ2) is 10.9. The standard InChI is InChI=1S/C49H33NOS/c1-49(2)41-15-6-3-11-36(41)40-28-33(24-26-42(40)49)50(34-23-25-38-37-12-5-8-17-45(37)52-46(38)29-34)32-21-18-30(19-22-32)35-14-9-10-31-20-27-44-48(47(31)35)39-13-4-7-16-43(39)51-44/h3-29H,1-2H3. The lowest BCUT2D eigenvalue weighted by Gasteiger charge is -2.27. The minimum absolute atomic E-state index is 0.0445. The van der Waals surface area contributed by atoms with Crippen molar-refractivity contribution in [2.75, 3.05) is 4.90 Å². The van der Waals surface area contributed by atoms with Crippen LogP contribution in [0.1, 0.15) is 25.0 Å². The van der Waals surface area contributed by atoms with Gasteiger partial charge in [0.15, 0.2) is 0 Å². The first-order chi connectivity index (χ1) is 25.5. The summed E-state index contributed by atoms with van der Waals surface area (Å²) in [6, 6.07) is 60.0. The Kier molecular flexibility index (Phi) is 6.21. The van der Waals surface area contributed by atoms with Crippen LogP contribution in [0.4, 0.5) is 17.1 Å². The van der Waals surface area contributed by atoms with Gasteiger partial charge in [-0.1, -0.05) is 123 Å². The second-order valence-electron chi connectivity index (χ2n) is 14.5. The summed E-state index contributed by atoms with van der Waals surface area (Å²) in [4.78, 5) is 2.42. The van der Waals surface area contributed by atoms with Crippen LogP contribution in [0.3, 0.4) is 0 Å². The number of anilines is 3. The highest BCUT2D eigenvalue weighted by Gasteiger charge is 2.35. The summed E-state index contributed by atoms with van der Waals surface area (Å²) >= 11 is 1.86. The molecule has 0 radical (unpaired) electrons. The van der Waals surface area contributed by atoms with Crippen molar-refractivity contribution in [2.45, 2.75) is 19.3 Å². The molecule has 1 aliphatic carbocycles. The number of para-hydroxylation sites is 1. The molecule has 10 aromatic rings. The Balaban J connectivity index is 1.09. The van der Waals surface area contributed by atoms with Gasteiger partial charge in [0.1, 0.15) is 11.2 Å². The van der Waals surface area contributed by atoms with Crippen molar-refractivity contribution in [3.63, 3.8) is 0 Å². The fraction of sp³-hybridized carbons (Fsp3) is 0.0612. The number of fused-ring (bicyclic) bond motifs is 11. The highest BCUT2D eigenvalue weighted by atomic mass is 32.1. The predicted octanol–water partition coefficient (Wildman–Crippen LogP) is 14.6. The van der Waals surface area contributed by atoms with E-state index in [4.69, 9.17) is 4.42 Å². The Bertz CT molecular complexity index is 3050. The summed E-state index contributed by atoms with van der Waals surface area (Å²) in [5, 5.41) is 7.38. The van der Waals surface area contributed by atoms with Crippen LogP contribution in [0.2, 0.25) is 0 Å². The van der Waals surface area contributed by atoms with Crippen molar-refractivity contribution in [1.82, 2.24) is 0 Å². The molecule has 0 amide bonds. The van der Waals surface area contributed by atoms with Gasteiger partial charge in [0.05, 0.1) is 0 Å². The molecule has 2 nitrogen and oxygen atoms in total. The van der Waals surface area contributed by atoms with E-state index < -0.39 is 0 Å². The van der Waals surface area contributed by atoms with Crippen molar-refractivity contribution in [3.8, 4) is 22.3 Å². The second-order valence-corrected chi connectivity index (χ2v) is 15.6. The summed E-state index contributed by atoms with van der Waals surface area (Å²) in [5.74, 6) is 0. The van der Waals surface area contributed by atoms with Crippen molar-refractivity contribution in [3.05, 3.63) is 175 Å². The van der Waals surface area contributed by atoms with E-state index in [1.165, 1.54) is 69.7 Å². The molecule has 52 heavy (non-hydrogen) atoms. The monoisotopic (exact) mass is 683 g/mol. The zero-order valence-electron chi connectivity index (χ0n) is 28.9. The maximum Gasteiger partial charge on any atom is 0.136 e. The number of hydrogen-bond acceptors (Lipinski definition) is 3. The van der Waals surface area contributed by atoms with Crippen molar-refractivity contribution < 1.29 is 4.42 Å². The number of benzene rings is 8. The SMILES string of the molecule is CC1(C)c2ccccc2-c2cc(N(c3ccc(-c4cccc5ccc6oc7ccccc7c6c45)cc3)c3ccc4c(c3)sc3ccccc34)ccc21. The number of rotatable bonds is 4. The zero-order valence-corrected chi connectivity index (χ0v) is 29.7. The Hall–Kier alpha value is -6.16. The molecule has 246 valence electrons. The first-order valence-corrected chi connectivity index (χ1v) is 18.7. The van der Waals surface area contributed by atoms with E-state index in [9.17, 15) is 0 Å². The molecular formula is C49H33NOS. The molecule has 0 spiro atoms. The fourth-order valence-corrected chi connectivity index (χ4v) is 9.91. The van der Waals surface area contributed by atoms with Gasteiger partial charge in [0, 0.05) is 58.8 Å². The average molecular weight is 684 g/mol. The molecule has 0 fully saturated rings. The molecule has 0 saturated carbocycles. The number of nitrogens with zero attached hydrogens (tertiary/aromatic N) is 1. The third-order valence-electron chi connectivity index (χ3n) is 11.3. The third-order valence-corrected chi connectivity index (χ3v) is 12.4. The quantitative estimate of drug-likeness (QED) is 0.184. The lowest BCUT2D eigenvalue weighted by Crippen LogP contribution is -2.15. The predicted molar refractivity (Wildman–Crippen MR) is 222 cm³/mol. The van der Waals surface area contributed by atoms with Gasteiger partial charge in [-0.15, -0.1) is 11.3 Å². The van der Waals surface area contributed by atoms with Gasteiger partial charge in [-0.05, 0) is 93.4 Å². The van der Waals surface area contributed by atoms with Gasteiger partial charge in [-0.3, -0.25) is 0 Å². The summed E-state index contributed by atoms with van der Waals surface area (Å²) in [5.41, 5.74) is 13.0. The van der Waals surface area contributed by atoms with Gasteiger partial charge in [0.2, 0.25) is 0 Å². The Labute approximate surface area is 305 Å². The minimum atomic E-state index is -0.0445. The average Bonchev–Trinajstić information content (AvgIpc) is 3.82. The van der Waals surface area contributed by atoms with Crippen LogP contribution < -0.4 is 4.90 Å². The summed E-state index contributed by atoms with van der Waals surface area (Å²) in [6.45, 7) is 4.69. The molecule has 0 atom stereocenters. The molecular weight excluding hydrogens is 651 g/mol. The van der Waals surface area contributed by atoms with Crippen LogP contribution in [0.25, 0.3) is 75.1 Å². The molecule has 2 heterocycles. The molecule has 0 N–H and O–H groups in total. The van der Waals surface area contributed by atoms with Gasteiger partial charge in [-0.25, -0.2) is 0 Å². The van der Waals surface area contributed by atoms with Crippen LogP contribution >= 0.6 is 11.3 Å². The van der Waals surface area contributed by atoms with Crippen LogP contribution in [0.15, 0.2) is 168 Å². The van der Waals surface area contributed by atoms with Crippen molar-refractivity contribution in [1.29, 1.82) is 0 Å². The summed E-state index contributed by atoms with van der Waals surface area (Å²) < 4.78 is 8.92. The highest BCUT2D eigenvalue weighted by molar-refractivity contribution is 7.25. The van der Waals surface area contributed by atoms with E-state index in [1.54, 1.807) is 0 Å².